The van der Waals surface area contributed by atoms with Gasteiger partial charge in [0.2, 0.25) is 23.5 Å². The molecule has 2 heterocycles. The number of aromatic hydroxyl groups is 4. The maximum absolute atomic E-state index is 11.6. The Morgan fingerprint density at radius 3 is 1.32 bits per heavy atom. The van der Waals surface area contributed by atoms with E-state index in [1.165, 1.54) is 24.3 Å². The van der Waals surface area contributed by atoms with Gasteiger partial charge in [0.25, 0.3) is 0 Å². The smallest absolute Gasteiger partial charge is 0.333 e. The van der Waals surface area contributed by atoms with Crippen LogP contribution in [0.4, 0.5) is 0 Å². The summed E-state index contributed by atoms with van der Waals surface area (Å²) in [5, 5.41) is 37.3. The van der Waals surface area contributed by atoms with Crippen molar-refractivity contribution in [3.8, 4) is 23.5 Å². The average molecular weight is 354 g/mol. The van der Waals surface area contributed by atoms with Crippen LogP contribution in [0.3, 0.4) is 0 Å². The van der Waals surface area contributed by atoms with E-state index in [1.807, 2.05) is 0 Å². The van der Waals surface area contributed by atoms with Crippen molar-refractivity contribution in [1.29, 1.82) is 0 Å². The minimum Gasteiger partial charge on any atom is -0.492 e. The van der Waals surface area contributed by atoms with E-state index in [4.69, 9.17) is 9.68 Å². The highest BCUT2D eigenvalue weighted by Crippen LogP contribution is 2.20. The van der Waals surface area contributed by atoms with Crippen molar-refractivity contribution in [3.05, 3.63) is 24.3 Å². The van der Waals surface area contributed by atoms with Gasteiger partial charge < -0.3 is 30.1 Å². The van der Waals surface area contributed by atoms with Crippen LogP contribution in [0.15, 0.2) is 24.3 Å². The number of rotatable bonds is 8. The zero-order valence-electron chi connectivity index (χ0n) is 13.2. The van der Waals surface area contributed by atoms with E-state index in [0.717, 1.165) is 0 Å². The zero-order valence-corrected chi connectivity index (χ0v) is 13.2. The van der Waals surface area contributed by atoms with Gasteiger partial charge >= 0.3 is 11.9 Å². The third kappa shape index (κ3) is 4.83. The molecule has 2 aromatic heterocycles. The molecule has 4 N–H and O–H groups in total. The lowest BCUT2D eigenvalue weighted by Gasteiger charge is -2.07. The predicted molar refractivity (Wildman–Crippen MR) is 81.8 cm³/mol. The molecule has 0 aliphatic carbocycles. The molecule has 0 aromatic carbocycles. The number of aromatic nitrogens is 2. The second-order valence-electron chi connectivity index (χ2n) is 5.18. The Hall–Kier alpha value is -3.30. The van der Waals surface area contributed by atoms with E-state index in [0.29, 0.717) is 28.7 Å². The van der Waals surface area contributed by atoms with Crippen LogP contribution in [0, 0.1) is 0 Å². The number of carbonyl (C=O) groups excluding carboxylic acids is 2. The fourth-order valence-corrected chi connectivity index (χ4v) is 2.00. The van der Waals surface area contributed by atoms with Gasteiger partial charge in [0.15, 0.2) is 0 Å². The summed E-state index contributed by atoms with van der Waals surface area (Å²) in [5.74, 6) is -2.89. The van der Waals surface area contributed by atoms with Crippen molar-refractivity contribution in [2.24, 2.45) is 0 Å². The number of nitrogens with zero attached hydrogens (tertiary/aromatic N) is 2. The lowest BCUT2D eigenvalue weighted by Crippen LogP contribution is -2.19. The standard InChI is InChI=1S/C15H18N2O8/c18-10-6-7-11(19)16(10)24-14(22)4-2-1-3-5-15(23)25-17-12(20)8-9-13(17)21/h6-9,18-21H,1-5H2. The highest BCUT2D eigenvalue weighted by molar-refractivity contribution is 5.70. The summed E-state index contributed by atoms with van der Waals surface area (Å²) < 4.78 is 1.21. The van der Waals surface area contributed by atoms with Crippen LogP contribution in [0.2, 0.25) is 0 Å². The normalized spacial score (nSPS) is 10.6. The van der Waals surface area contributed by atoms with Gasteiger partial charge in [-0.2, -0.15) is 0 Å². The predicted octanol–water partition coefficient (Wildman–Crippen LogP) is 0.673. The van der Waals surface area contributed by atoms with Crippen LogP contribution in [0.25, 0.3) is 0 Å². The molecule has 0 saturated carbocycles. The molecule has 0 radical (unpaired) electrons. The molecule has 0 bridgehead atoms. The van der Waals surface area contributed by atoms with Crippen molar-refractivity contribution in [1.82, 2.24) is 9.46 Å². The highest BCUT2D eigenvalue weighted by Gasteiger charge is 2.13. The van der Waals surface area contributed by atoms with Crippen molar-refractivity contribution in [3.63, 3.8) is 0 Å². The molecule has 136 valence electrons. The molecular weight excluding hydrogens is 336 g/mol. The van der Waals surface area contributed by atoms with E-state index in [9.17, 15) is 30.0 Å². The first-order chi connectivity index (χ1) is 11.9. The molecule has 25 heavy (non-hydrogen) atoms. The summed E-state index contributed by atoms with van der Waals surface area (Å²) in [6.45, 7) is 0. The van der Waals surface area contributed by atoms with Gasteiger partial charge in [-0.1, -0.05) is 6.42 Å². The van der Waals surface area contributed by atoms with Crippen LogP contribution in [-0.4, -0.2) is 41.8 Å². The largest absolute Gasteiger partial charge is 0.492 e. The van der Waals surface area contributed by atoms with Gasteiger partial charge in [0.1, 0.15) is 0 Å². The van der Waals surface area contributed by atoms with Gasteiger partial charge in [-0.15, -0.1) is 9.46 Å². The van der Waals surface area contributed by atoms with E-state index >= 15 is 0 Å². The van der Waals surface area contributed by atoms with Gasteiger partial charge in [-0.3, -0.25) is 0 Å². The maximum atomic E-state index is 11.6. The summed E-state index contributed by atoms with van der Waals surface area (Å²) in [6.07, 6.45) is 1.44. The summed E-state index contributed by atoms with van der Waals surface area (Å²) >= 11 is 0. The second-order valence-corrected chi connectivity index (χ2v) is 5.18. The Bertz CT molecular complexity index is 648. The number of hydrogen-bond acceptors (Lipinski definition) is 8. The van der Waals surface area contributed by atoms with Crippen molar-refractivity contribution in [2.45, 2.75) is 32.1 Å². The molecule has 0 amide bonds. The molecule has 10 nitrogen and oxygen atoms in total. The lowest BCUT2D eigenvalue weighted by atomic mass is 10.1. The van der Waals surface area contributed by atoms with Gasteiger partial charge in [0.05, 0.1) is 0 Å². The van der Waals surface area contributed by atoms with Crippen molar-refractivity contribution < 1.29 is 39.7 Å². The Balaban J connectivity index is 1.63. The Morgan fingerprint density at radius 1 is 0.680 bits per heavy atom. The fourth-order valence-electron chi connectivity index (χ4n) is 2.00. The lowest BCUT2D eigenvalue weighted by molar-refractivity contribution is -0.145. The SMILES string of the molecule is O=C(CCCCCC(=O)On1c(O)ccc1O)On1c(O)ccc1O. The van der Waals surface area contributed by atoms with E-state index in [2.05, 4.69) is 0 Å². The minimum absolute atomic E-state index is 0.0330. The molecule has 2 rings (SSSR count). The highest BCUT2D eigenvalue weighted by atomic mass is 16.7. The van der Waals surface area contributed by atoms with Gasteiger partial charge in [0, 0.05) is 37.1 Å². The molecule has 0 atom stereocenters. The van der Waals surface area contributed by atoms with Crippen molar-refractivity contribution >= 4 is 11.9 Å². The topological polar surface area (TPSA) is 143 Å². The first-order valence-electron chi connectivity index (χ1n) is 7.50. The summed E-state index contributed by atoms with van der Waals surface area (Å²) in [4.78, 5) is 32.7. The van der Waals surface area contributed by atoms with Crippen LogP contribution >= 0.6 is 0 Å². The molecule has 0 fully saturated rings. The fraction of sp³-hybridized carbons (Fsp3) is 0.333. The molecule has 10 heteroatoms. The van der Waals surface area contributed by atoms with Gasteiger partial charge in [-0.05, 0) is 12.8 Å². The molecule has 0 saturated heterocycles. The molecule has 0 aliphatic heterocycles. The summed E-state index contributed by atoms with van der Waals surface area (Å²) in [5.41, 5.74) is 0. The minimum atomic E-state index is -0.647. The number of hydrogen-bond donors (Lipinski definition) is 4. The molecule has 0 spiro atoms. The third-order valence-electron chi connectivity index (χ3n) is 3.24. The Labute approximate surface area is 142 Å². The summed E-state index contributed by atoms with van der Waals surface area (Å²) in [6, 6.07) is 4.70. The van der Waals surface area contributed by atoms with Crippen LogP contribution in [0.1, 0.15) is 32.1 Å². The van der Waals surface area contributed by atoms with Crippen LogP contribution < -0.4 is 9.68 Å². The molecule has 0 aliphatic rings. The quantitative estimate of drug-likeness (QED) is 0.507. The van der Waals surface area contributed by atoms with E-state index < -0.39 is 35.5 Å². The molecule has 0 unspecified atom stereocenters. The molecular formula is C15H18N2O8. The van der Waals surface area contributed by atoms with E-state index in [-0.39, 0.29) is 12.8 Å². The second kappa shape index (κ2) is 7.99. The number of carbonyl (C=O) groups is 2. The zero-order chi connectivity index (χ0) is 18.4. The first kappa shape index (κ1) is 18.0. The monoisotopic (exact) mass is 354 g/mol. The van der Waals surface area contributed by atoms with Crippen LogP contribution in [0.5, 0.6) is 23.5 Å². The Kier molecular flexibility index (Phi) is 5.77. The first-order valence-corrected chi connectivity index (χ1v) is 7.50. The molecule has 2 aromatic rings. The Morgan fingerprint density at radius 2 is 1.00 bits per heavy atom. The van der Waals surface area contributed by atoms with Crippen molar-refractivity contribution in [2.75, 3.05) is 0 Å². The average Bonchev–Trinajstić information content (AvgIpc) is 3.04. The maximum Gasteiger partial charge on any atom is 0.333 e. The van der Waals surface area contributed by atoms with Crippen LogP contribution in [-0.2, 0) is 9.59 Å². The van der Waals surface area contributed by atoms with Gasteiger partial charge in [-0.25, -0.2) is 9.59 Å². The number of unbranched alkanes of at least 4 members (excludes halogenated alkanes) is 2. The summed E-state index contributed by atoms with van der Waals surface area (Å²) in [7, 11) is 0. The van der Waals surface area contributed by atoms with E-state index in [1.54, 1.807) is 0 Å². The third-order valence-corrected chi connectivity index (χ3v) is 3.24.